The van der Waals surface area contributed by atoms with Gasteiger partial charge in [-0.25, -0.2) is 13.4 Å². The molecular weight excluding hydrogens is 292 g/mol. The molecule has 3 N–H and O–H groups in total. The first-order valence-corrected chi connectivity index (χ1v) is 8.45. The van der Waals surface area contributed by atoms with E-state index in [9.17, 15) is 13.2 Å². The lowest BCUT2D eigenvalue weighted by atomic mass is 10.3. The molecule has 0 atom stereocenters. The molecule has 21 heavy (non-hydrogen) atoms. The summed E-state index contributed by atoms with van der Waals surface area (Å²) in [6.45, 7) is 2.55. The van der Waals surface area contributed by atoms with Crippen molar-refractivity contribution in [3.63, 3.8) is 0 Å². The third kappa shape index (κ3) is 3.15. The average Bonchev–Trinajstić information content (AvgIpc) is 2.71. The van der Waals surface area contributed by atoms with Gasteiger partial charge in [-0.3, -0.25) is 4.79 Å². The quantitative estimate of drug-likeness (QED) is 0.838. The van der Waals surface area contributed by atoms with E-state index >= 15 is 0 Å². The Morgan fingerprint density at radius 2 is 2.14 bits per heavy atom. The second kappa shape index (κ2) is 5.72. The summed E-state index contributed by atoms with van der Waals surface area (Å²) in [7, 11) is -3.41. The van der Waals surface area contributed by atoms with Gasteiger partial charge in [-0.05, 0) is 18.6 Å². The van der Waals surface area contributed by atoms with Gasteiger partial charge in [0.15, 0.2) is 9.84 Å². The van der Waals surface area contributed by atoms with E-state index in [1.54, 1.807) is 12.1 Å². The average molecular weight is 310 g/mol. The standard InChI is InChI=1S/C13H18N4O3S/c1-3-7-15-11(18)8-17-9-5-4-6-10(21(2,19)20)12(9)16-13(17)14/h4-6H,3,7-8H2,1-2H3,(H2,14,16)(H,15,18). The summed E-state index contributed by atoms with van der Waals surface area (Å²) < 4.78 is 25.0. The number of carbonyl (C=O) groups excluding carboxylic acids is 1. The smallest absolute Gasteiger partial charge is 0.240 e. The molecule has 7 nitrogen and oxygen atoms in total. The number of anilines is 1. The maximum Gasteiger partial charge on any atom is 0.240 e. The highest BCUT2D eigenvalue weighted by molar-refractivity contribution is 7.91. The Kier molecular flexibility index (Phi) is 4.17. The van der Waals surface area contributed by atoms with Gasteiger partial charge in [0.25, 0.3) is 0 Å². The van der Waals surface area contributed by atoms with Gasteiger partial charge in [0.2, 0.25) is 11.9 Å². The van der Waals surface area contributed by atoms with Gasteiger partial charge in [-0.1, -0.05) is 13.0 Å². The van der Waals surface area contributed by atoms with Gasteiger partial charge in [-0.2, -0.15) is 0 Å². The van der Waals surface area contributed by atoms with E-state index in [1.165, 1.54) is 10.6 Å². The van der Waals surface area contributed by atoms with E-state index in [1.807, 2.05) is 6.92 Å². The number of amides is 1. The summed E-state index contributed by atoms with van der Waals surface area (Å²) >= 11 is 0. The van der Waals surface area contributed by atoms with Crippen molar-refractivity contribution in [2.24, 2.45) is 0 Å². The molecule has 1 heterocycles. The normalized spacial score (nSPS) is 11.7. The fourth-order valence-corrected chi connectivity index (χ4v) is 2.90. The third-order valence-electron chi connectivity index (χ3n) is 3.04. The number of sulfone groups is 1. The van der Waals surface area contributed by atoms with Crippen LogP contribution in [0.2, 0.25) is 0 Å². The molecule has 0 aliphatic heterocycles. The van der Waals surface area contributed by atoms with Crippen molar-refractivity contribution in [1.82, 2.24) is 14.9 Å². The second-order valence-corrected chi connectivity index (χ2v) is 6.79. The fourth-order valence-electron chi connectivity index (χ4n) is 2.07. The fraction of sp³-hybridized carbons (Fsp3) is 0.385. The number of hydrogen-bond acceptors (Lipinski definition) is 5. The van der Waals surface area contributed by atoms with Crippen LogP contribution in [-0.2, 0) is 21.2 Å². The van der Waals surface area contributed by atoms with Crippen molar-refractivity contribution >= 4 is 32.7 Å². The van der Waals surface area contributed by atoms with E-state index in [4.69, 9.17) is 5.73 Å². The number of imidazole rings is 1. The summed E-state index contributed by atoms with van der Waals surface area (Å²) in [5, 5.41) is 2.75. The monoisotopic (exact) mass is 310 g/mol. The molecule has 0 unspecified atom stereocenters. The van der Waals surface area contributed by atoms with Crippen LogP contribution in [0.15, 0.2) is 23.1 Å². The zero-order valence-electron chi connectivity index (χ0n) is 12.0. The lowest BCUT2D eigenvalue weighted by molar-refractivity contribution is -0.121. The SMILES string of the molecule is CCCNC(=O)Cn1c(N)nc2c(S(C)(=O)=O)cccc21. The number of fused-ring (bicyclic) bond motifs is 1. The molecule has 0 spiro atoms. The highest BCUT2D eigenvalue weighted by atomic mass is 32.2. The molecule has 2 aromatic rings. The molecule has 1 amide bonds. The topological polar surface area (TPSA) is 107 Å². The van der Waals surface area contributed by atoms with Gasteiger partial charge in [0, 0.05) is 12.8 Å². The Labute approximate surface area is 123 Å². The molecule has 1 aromatic heterocycles. The number of nitrogens with zero attached hydrogens (tertiary/aromatic N) is 2. The molecule has 8 heteroatoms. The van der Waals surface area contributed by atoms with Crippen molar-refractivity contribution in [3.8, 4) is 0 Å². The summed E-state index contributed by atoms with van der Waals surface area (Å²) in [4.78, 5) is 16.0. The predicted molar refractivity (Wildman–Crippen MR) is 80.6 cm³/mol. The number of para-hydroxylation sites is 1. The third-order valence-corrected chi connectivity index (χ3v) is 4.17. The molecule has 0 saturated carbocycles. The molecule has 2 rings (SSSR count). The first-order chi connectivity index (χ1) is 9.84. The van der Waals surface area contributed by atoms with Gasteiger partial charge in [0.05, 0.1) is 10.4 Å². The summed E-state index contributed by atoms with van der Waals surface area (Å²) in [6.07, 6.45) is 1.95. The van der Waals surface area contributed by atoms with Gasteiger partial charge >= 0.3 is 0 Å². The molecule has 0 aliphatic rings. The van der Waals surface area contributed by atoms with E-state index in [2.05, 4.69) is 10.3 Å². The number of carbonyl (C=O) groups is 1. The van der Waals surface area contributed by atoms with E-state index in [-0.39, 0.29) is 23.3 Å². The van der Waals surface area contributed by atoms with Crippen LogP contribution in [-0.4, -0.2) is 36.7 Å². The van der Waals surface area contributed by atoms with Crippen molar-refractivity contribution in [1.29, 1.82) is 0 Å². The van der Waals surface area contributed by atoms with Crippen LogP contribution >= 0.6 is 0 Å². The van der Waals surface area contributed by atoms with E-state index < -0.39 is 9.84 Å². The highest BCUT2D eigenvalue weighted by Crippen LogP contribution is 2.24. The minimum Gasteiger partial charge on any atom is -0.369 e. The predicted octanol–water partition coefficient (Wildman–Crippen LogP) is 0.548. The Bertz CT molecular complexity index is 780. The summed E-state index contributed by atoms with van der Waals surface area (Å²) in [5.41, 5.74) is 6.64. The zero-order chi connectivity index (χ0) is 15.6. The number of nitrogens with one attached hydrogen (secondary N) is 1. The Balaban J connectivity index is 2.47. The molecule has 0 bridgehead atoms. The Morgan fingerprint density at radius 3 is 2.76 bits per heavy atom. The molecule has 1 aromatic carbocycles. The maximum atomic E-state index is 11.8. The molecule has 0 fully saturated rings. The first-order valence-electron chi connectivity index (χ1n) is 6.56. The minimum absolute atomic E-state index is 0.00947. The largest absolute Gasteiger partial charge is 0.369 e. The van der Waals surface area contributed by atoms with Crippen molar-refractivity contribution in [3.05, 3.63) is 18.2 Å². The van der Waals surface area contributed by atoms with Crippen LogP contribution in [0.4, 0.5) is 5.95 Å². The second-order valence-electron chi connectivity index (χ2n) is 4.80. The molecule has 114 valence electrons. The van der Waals surface area contributed by atoms with Crippen LogP contribution in [0.1, 0.15) is 13.3 Å². The molecule has 0 radical (unpaired) electrons. The molecule has 0 saturated heterocycles. The Morgan fingerprint density at radius 1 is 1.43 bits per heavy atom. The minimum atomic E-state index is -3.41. The summed E-state index contributed by atoms with van der Waals surface area (Å²) in [6, 6.07) is 4.78. The zero-order valence-corrected chi connectivity index (χ0v) is 12.8. The molecular formula is C13H18N4O3S. The number of aromatic nitrogens is 2. The number of hydrogen-bond donors (Lipinski definition) is 2. The first kappa shape index (κ1) is 15.3. The molecule has 0 aliphatic carbocycles. The van der Waals surface area contributed by atoms with E-state index in [0.717, 1.165) is 12.7 Å². The van der Waals surface area contributed by atoms with Gasteiger partial charge in [-0.15, -0.1) is 0 Å². The Hall–Kier alpha value is -2.09. The van der Waals surface area contributed by atoms with E-state index in [0.29, 0.717) is 17.6 Å². The van der Waals surface area contributed by atoms with Crippen LogP contribution < -0.4 is 11.1 Å². The lowest BCUT2D eigenvalue weighted by Gasteiger charge is -2.07. The van der Waals surface area contributed by atoms with Crippen molar-refractivity contribution in [2.45, 2.75) is 24.8 Å². The van der Waals surface area contributed by atoms with Crippen molar-refractivity contribution < 1.29 is 13.2 Å². The van der Waals surface area contributed by atoms with Crippen LogP contribution in [0.25, 0.3) is 11.0 Å². The maximum absolute atomic E-state index is 11.8. The number of rotatable bonds is 5. The van der Waals surface area contributed by atoms with Crippen LogP contribution in [0, 0.1) is 0 Å². The number of benzene rings is 1. The van der Waals surface area contributed by atoms with Crippen molar-refractivity contribution in [2.75, 3.05) is 18.5 Å². The van der Waals surface area contributed by atoms with Crippen LogP contribution in [0.3, 0.4) is 0 Å². The lowest BCUT2D eigenvalue weighted by Crippen LogP contribution is -2.28. The number of nitrogens with two attached hydrogens (primary N) is 1. The van der Waals surface area contributed by atoms with Gasteiger partial charge < -0.3 is 15.6 Å². The van der Waals surface area contributed by atoms with Crippen LogP contribution in [0.5, 0.6) is 0 Å². The number of nitrogen functional groups attached to an aromatic ring is 1. The summed E-state index contributed by atoms with van der Waals surface area (Å²) in [5.74, 6) is -0.0691. The highest BCUT2D eigenvalue weighted by Gasteiger charge is 2.18. The van der Waals surface area contributed by atoms with Gasteiger partial charge in [0.1, 0.15) is 12.1 Å².